The van der Waals surface area contributed by atoms with Crippen LogP contribution in [0.5, 0.6) is 0 Å². The van der Waals surface area contributed by atoms with Gasteiger partial charge in [-0.05, 0) is 0 Å². The maximum absolute atomic E-state index is 10.5. The lowest BCUT2D eigenvalue weighted by molar-refractivity contribution is -0.142. The normalized spacial score (nSPS) is 20.0. The molecule has 0 aromatic carbocycles. The second-order valence-corrected chi connectivity index (χ2v) is 4.79. The third kappa shape index (κ3) is 8.91. The molecule has 0 aromatic heterocycles. The van der Waals surface area contributed by atoms with Crippen LogP contribution in [0, 0.1) is 0 Å². The fourth-order valence-corrected chi connectivity index (χ4v) is 1.27. The third-order valence-electron chi connectivity index (χ3n) is 2.90. The molecule has 12 nitrogen and oxygen atoms in total. The van der Waals surface area contributed by atoms with Gasteiger partial charge in [-0.15, -0.1) is 0 Å². The van der Waals surface area contributed by atoms with Gasteiger partial charge in [0.1, 0.15) is 49.3 Å². The van der Waals surface area contributed by atoms with Crippen LogP contribution in [0.2, 0.25) is 0 Å². The molecule has 0 spiro atoms. The van der Waals surface area contributed by atoms with Gasteiger partial charge in [-0.25, -0.2) is 0 Å². The monoisotopic (exact) mass is 362 g/mol. The molecule has 0 saturated heterocycles. The highest BCUT2D eigenvalue weighted by atomic mass is 16.4. The Balaban J connectivity index is 0. The summed E-state index contributed by atoms with van der Waals surface area (Å²) >= 11 is 0. The largest absolute Gasteiger partial charge is 0.394 e. The van der Waals surface area contributed by atoms with Gasteiger partial charge in [0.2, 0.25) is 0 Å². The van der Waals surface area contributed by atoms with Crippen molar-refractivity contribution >= 4 is 5.78 Å². The number of aliphatic hydroxyl groups is 11. The van der Waals surface area contributed by atoms with Gasteiger partial charge in [0, 0.05) is 0 Å². The maximum Gasteiger partial charge on any atom is 0.189 e. The van der Waals surface area contributed by atoms with Crippen molar-refractivity contribution in [1.82, 2.24) is 0 Å². The molecule has 0 unspecified atom stereocenters. The van der Waals surface area contributed by atoms with E-state index in [1.54, 1.807) is 0 Å². The summed E-state index contributed by atoms with van der Waals surface area (Å²) in [6.45, 7) is -3.14. The number of ketones is 1. The van der Waals surface area contributed by atoms with E-state index in [0.29, 0.717) is 0 Å². The SMILES string of the molecule is O=C(CO)[C@H](O)[C@@H](O)[C@@H](O)CO.OC[C@@H](O)[C@H](O)[C@@H](O)[C@@H](O)CO. The Hall–Kier alpha value is -0.770. The number of carbonyl (C=O) groups is 1. The molecular weight excluding hydrogens is 336 g/mol. The minimum Gasteiger partial charge on any atom is -0.394 e. The Morgan fingerprint density at radius 2 is 0.875 bits per heavy atom. The van der Waals surface area contributed by atoms with E-state index < -0.39 is 74.9 Å². The van der Waals surface area contributed by atoms with Crippen molar-refractivity contribution < 1.29 is 61.0 Å². The molecule has 0 heterocycles. The molecule has 0 saturated carbocycles. The highest BCUT2D eigenvalue weighted by Gasteiger charge is 2.29. The highest BCUT2D eigenvalue weighted by molar-refractivity contribution is 5.84. The molecule has 0 rings (SSSR count). The van der Waals surface area contributed by atoms with E-state index in [9.17, 15) is 4.79 Å². The van der Waals surface area contributed by atoms with Gasteiger partial charge in [0.15, 0.2) is 5.78 Å². The van der Waals surface area contributed by atoms with E-state index in [1.807, 2.05) is 0 Å². The summed E-state index contributed by atoms with van der Waals surface area (Å²) in [5.74, 6) is -1.00. The fourth-order valence-electron chi connectivity index (χ4n) is 1.27. The Labute approximate surface area is 137 Å². The highest BCUT2D eigenvalue weighted by Crippen LogP contribution is 2.04. The van der Waals surface area contributed by atoms with Crippen LogP contribution >= 0.6 is 0 Å². The Kier molecular flexibility index (Phi) is 14.3. The standard InChI is InChI=1S/C6H14O6.C6H12O6/c2*7-1-3(9)5(11)6(12)4(10)2-8/h3-12H,1-2H2;3,5-9,11-12H,1-2H2/t3-,4+,5-,6-;3-,5-,6-/m00/s1. The van der Waals surface area contributed by atoms with E-state index in [0.717, 1.165) is 0 Å². The molecule has 11 N–H and O–H groups in total. The topological polar surface area (TPSA) is 240 Å². The molecule has 12 heteroatoms. The minimum atomic E-state index is -1.86. The third-order valence-corrected chi connectivity index (χ3v) is 2.90. The molecule has 0 bridgehead atoms. The smallest absolute Gasteiger partial charge is 0.189 e. The molecule has 0 aliphatic heterocycles. The van der Waals surface area contributed by atoms with E-state index in [-0.39, 0.29) is 0 Å². The van der Waals surface area contributed by atoms with Crippen LogP contribution in [-0.4, -0.2) is 131 Å². The number of hydrogen-bond donors (Lipinski definition) is 11. The summed E-state index contributed by atoms with van der Waals surface area (Å²) in [6, 6.07) is 0. The van der Waals surface area contributed by atoms with Gasteiger partial charge in [0.05, 0.1) is 19.8 Å². The summed E-state index contributed by atoms with van der Waals surface area (Å²) in [5, 5.41) is 95.2. The zero-order valence-electron chi connectivity index (χ0n) is 12.7. The van der Waals surface area contributed by atoms with Crippen molar-refractivity contribution in [2.75, 3.05) is 26.4 Å². The number of carbonyl (C=O) groups excluding carboxylic acids is 1. The first-order chi connectivity index (χ1) is 11.1. The predicted octanol–water partition coefficient (Wildman–Crippen LogP) is -6.96. The van der Waals surface area contributed by atoms with E-state index in [2.05, 4.69) is 0 Å². The summed E-state index contributed by atoms with van der Waals surface area (Å²) < 4.78 is 0. The zero-order chi connectivity index (χ0) is 19.4. The van der Waals surface area contributed by atoms with Gasteiger partial charge in [-0.3, -0.25) is 4.79 Å². The molecule has 0 fully saturated rings. The first kappa shape index (κ1) is 25.5. The number of hydrogen-bond acceptors (Lipinski definition) is 12. The summed E-state index contributed by atoms with van der Waals surface area (Å²) in [6.07, 6.45) is -11.6. The van der Waals surface area contributed by atoms with Gasteiger partial charge < -0.3 is 56.2 Å². The molecule has 0 radical (unpaired) electrons. The average molecular weight is 362 g/mol. The van der Waals surface area contributed by atoms with E-state index in [4.69, 9.17) is 56.2 Å². The molecule has 146 valence electrons. The van der Waals surface area contributed by atoms with Crippen molar-refractivity contribution in [3.8, 4) is 0 Å². The summed E-state index contributed by atoms with van der Waals surface area (Å²) in [4.78, 5) is 10.5. The first-order valence-corrected chi connectivity index (χ1v) is 6.81. The van der Waals surface area contributed by atoms with E-state index in [1.165, 1.54) is 0 Å². The Bertz CT molecular complexity index is 313. The van der Waals surface area contributed by atoms with Crippen molar-refractivity contribution in [2.24, 2.45) is 0 Å². The van der Waals surface area contributed by atoms with Crippen molar-refractivity contribution in [3.05, 3.63) is 0 Å². The van der Waals surface area contributed by atoms with Gasteiger partial charge in [-0.1, -0.05) is 0 Å². The van der Waals surface area contributed by atoms with Gasteiger partial charge >= 0.3 is 0 Å². The summed E-state index contributed by atoms with van der Waals surface area (Å²) in [7, 11) is 0. The number of rotatable bonds is 10. The second-order valence-electron chi connectivity index (χ2n) is 4.79. The molecule has 0 aliphatic carbocycles. The lowest BCUT2D eigenvalue weighted by atomic mass is 10.0. The van der Waals surface area contributed by atoms with E-state index >= 15 is 0 Å². The first-order valence-electron chi connectivity index (χ1n) is 6.81. The summed E-state index contributed by atoms with van der Waals surface area (Å²) in [5.41, 5.74) is 0. The lowest BCUT2D eigenvalue weighted by Crippen LogP contribution is -2.46. The van der Waals surface area contributed by atoms with Crippen LogP contribution in [0.3, 0.4) is 0 Å². The van der Waals surface area contributed by atoms with Crippen LogP contribution in [0.1, 0.15) is 0 Å². The van der Waals surface area contributed by atoms with Crippen LogP contribution in [-0.2, 0) is 4.79 Å². The van der Waals surface area contributed by atoms with Crippen LogP contribution in [0.15, 0.2) is 0 Å². The van der Waals surface area contributed by atoms with Gasteiger partial charge in [0.25, 0.3) is 0 Å². The molecule has 0 amide bonds. The molecule has 0 aliphatic rings. The maximum atomic E-state index is 10.5. The molecule has 7 atom stereocenters. The molecule has 0 aromatic rings. The van der Waals surface area contributed by atoms with Crippen molar-refractivity contribution in [1.29, 1.82) is 0 Å². The lowest BCUT2D eigenvalue weighted by Gasteiger charge is -2.24. The Morgan fingerprint density at radius 3 is 1.12 bits per heavy atom. The average Bonchev–Trinajstić information content (AvgIpc) is 2.62. The predicted molar refractivity (Wildman–Crippen MR) is 75.4 cm³/mol. The number of Topliss-reactive ketones (excluding diaryl/α,β-unsaturated/α-hetero) is 1. The Morgan fingerprint density at radius 1 is 0.583 bits per heavy atom. The molecule has 24 heavy (non-hydrogen) atoms. The van der Waals surface area contributed by atoms with Crippen LogP contribution < -0.4 is 0 Å². The van der Waals surface area contributed by atoms with Gasteiger partial charge in [-0.2, -0.15) is 0 Å². The van der Waals surface area contributed by atoms with Crippen LogP contribution in [0.4, 0.5) is 0 Å². The second kappa shape index (κ2) is 13.5. The minimum absolute atomic E-state index is 0.726. The van der Waals surface area contributed by atoms with Crippen LogP contribution in [0.25, 0.3) is 0 Å². The van der Waals surface area contributed by atoms with Crippen molar-refractivity contribution in [2.45, 2.75) is 42.7 Å². The quantitative estimate of drug-likeness (QED) is 0.174. The zero-order valence-corrected chi connectivity index (χ0v) is 12.7. The molecular formula is C12H26O12. The number of aliphatic hydroxyl groups excluding tert-OH is 11. The van der Waals surface area contributed by atoms with Crippen molar-refractivity contribution in [3.63, 3.8) is 0 Å². The fraction of sp³-hybridized carbons (Fsp3) is 0.917.